The second-order valence-electron chi connectivity index (χ2n) is 5.43. The van der Waals surface area contributed by atoms with Crippen LogP contribution in [0.5, 0.6) is 0 Å². The van der Waals surface area contributed by atoms with Gasteiger partial charge in [-0.1, -0.05) is 11.6 Å². The maximum absolute atomic E-state index is 13.6. The van der Waals surface area contributed by atoms with Crippen molar-refractivity contribution in [1.82, 2.24) is 19.6 Å². The molecule has 0 amide bonds. The molecule has 0 saturated carbocycles. The molecule has 1 atom stereocenters. The largest absolute Gasteiger partial charge is 0.349 e. The Morgan fingerprint density at radius 1 is 1.35 bits per heavy atom. The van der Waals surface area contributed by atoms with E-state index in [0.717, 1.165) is 40.6 Å². The van der Waals surface area contributed by atoms with Crippen molar-refractivity contribution in [3.63, 3.8) is 0 Å². The van der Waals surface area contributed by atoms with Crippen LogP contribution in [-0.2, 0) is 0 Å². The summed E-state index contributed by atoms with van der Waals surface area (Å²) in [5.41, 5.74) is 1.53. The Labute approximate surface area is 150 Å². The molecule has 8 heteroatoms. The van der Waals surface area contributed by atoms with Crippen LogP contribution in [-0.4, -0.2) is 26.1 Å². The van der Waals surface area contributed by atoms with Gasteiger partial charge in [-0.3, -0.25) is 0 Å². The quantitative estimate of drug-likeness (QED) is 0.446. The third-order valence-corrected chi connectivity index (χ3v) is 5.13. The van der Waals surface area contributed by atoms with Crippen LogP contribution in [0.1, 0.15) is 24.4 Å². The maximum Gasteiger partial charge on any atom is 0.170 e. The van der Waals surface area contributed by atoms with E-state index in [1.165, 1.54) is 6.07 Å². The second-order valence-corrected chi connectivity index (χ2v) is 6.95. The normalized spacial score (nSPS) is 18.0. The molecule has 0 radical (unpaired) electrons. The molecule has 0 unspecified atom stereocenters. The van der Waals surface area contributed by atoms with Gasteiger partial charge >= 0.3 is 0 Å². The summed E-state index contributed by atoms with van der Waals surface area (Å²) >= 11 is 8.41. The standard InChI is InChI=1S/C15H12ClFIN5/c16-14-10(6-9(17)7-19-14)12-2-1-4-22(12)13-3-5-23-15(21-13)11(18)8-20-23/h3,5-8,12H,1-2,4H2/t12-/m1/s1. The lowest BCUT2D eigenvalue weighted by Crippen LogP contribution is -2.24. The zero-order valence-electron chi connectivity index (χ0n) is 12.0. The third kappa shape index (κ3) is 2.65. The van der Waals surface area contributed by atoms with Gasteiger partial charge < -0.3 is 4.90 Å². The fourth-order valence-corrected chi connectivity index (χ4v) is 3.75. The van der Waals surface area contributed by atoms with E-state index in [1.54, 1.807) is 10.7 Å². The minimum Gasteiger partial charge on any atom is -0.349 e. The molecular formula is C15H12ClFIN5. The Hall–Kier alpha value is -1.48. The minimum atomic E-state index is -0.370. The molecule has 5 nitrogen and oxygen atoms in total. The first kappa shape index (κ1) is 15.1. The topological polar surface area (TPSA) is 46.3 Å². The molecular weight excluding hydrogens is 432 g/mol. The fraction of sp³-hybridized carbons (Fsp3) is 0.267. The molecule has 1 fully saturated rings. The molecule has 1 aliphatic heterocycles. The van der Waals surface area contributed by atoms with Crippen LogP contribution < -0.4 is 4.90 Å². The van der Waals surface area contributed by atoms with Crippen LogP contribution in [0.2, 0.25) is 5.15 Å². The molecule has 4 heterocycles. The number of nitrogens with zero attached hydrogens (tertiary/aromatic N) is 5. The summed E-state index contributed by atoms with van der Waals surface area (Å²) in [4.78, 5) is 10.8. The summed E-state index contributed by atoms with van der Waals surface area (Å²) in [6, 6.07) is 3.38. The van der Waals surface area contributed by atoms with Crippen molar-refractivity contribution in [3.05, 3.63) is 50.8 Å². The molecule has 118 valence electrons. The van der Waals surface area contributed by atoms with E-state index in [9.17, 15) is 4.39 Å². The molecule has 0 bridgehead atoms. The Morgan fingerprint density at radius 3 is 3.09 bits per heavy atom. The summed E-state index contributed by atoms with van der Waals surface area (Å²) in [6.07, 6.45) is 6.71. The van der Waals surface area contributed by atoms with Crippen molar-refractivity contribution >= 4 is 45.7 Å². The number of aromatic nitrogens is 4. The highest BCUT2D eigenvalue weighted by molar-refractivity contribution is 14.1. The van der Waals surface area contributed by atoms with Crippen molar-refractivity contribution in [2.24, 2.45) is 0 Å². The lowest BCUT2D eigenvalue weighted by molar-refractivity contribution is 0.610. The molecule has 1 aliphatic rings. The van der Waals surface area contributed by atoms with Crippen LogP contribution in [0.25, 0.3) is 5.65 Å². The maximum atomic E-state index is 13.6. The average Bonchev–Trinajstić information content (AvgIpc) is 3.17. The van der Waals surface area contributed by atoms with Gasteiger partial charge in [0, 0.05) is 18.3 Å². The second kappa shape index (κ2) is 5.86. The van der Waals surface area contributed by atoms with Crippen LogP contribution in [0.4, 0.5) is 10.2 Å². The van der Waals surface area contributed by atoms with Gasteiger partial charge in [0.1, 0.15) is 16.8 Å². The first-order valence-electron chi connectivity index (χ1n) is 7.21. The number of fused-ring (bicyclic) bond motifs is 1. The van der Waals surface area contributed by atoms with Gasteiger partial charge in [0.2, 0.25) is 0 Å². The predicted molar refractivity (Wildman–Crippen MR) is 94.2 cm³/mol. The summed E-state index contributed by atoms with van der Waals surface area (Å²) in [5, 5.41) is 4.59. The summed E-state index contributed by atoms with van der Waals surface area (Å²) in [5.74, 6) is 0.476. The van der Waals surface area contributed by atoms with Gasteiger partial charge in [0.15, 0.2) is 5.65 Å². The molecule has 23 heavy (non-hydrogen) atoms. The van der Waals surface area contributed by atoms with Gasteiger partial charge in [0.25, 0.3) is 0 Å². The highest BCUT2D eigenvalue weighted by Crippen LogP contribution is 2.38. The van der Waals surface area contributed by atoms with Crippen LogP contribution in [0.3, 0.4) is 0 Å². The predicted octanol–water partition coefficient (Wildman–Crippen LogP) is 3.86. The SMILES string of the molecule is Fc1cnc(Cl)c([C@H]2CCCN2c2ccn3ncc(I)c3n2)c1. The number of rotatable bonds is 2. The molecule has 0 aliphatic carbocycles. The average molecular weight is 444 g/mol. The third-order valence-electron chi connectivity index (χ3n) is 4.05. The summed E-state index contributed by atoms with van der Waals surface area (Å²) in [7, 11) is 0. The van der Waals surface area contributed by atoms with E-state index in [2.05, 4.69) is 37.6 Å². The fourth-order valence-electron chi connectivity index (χ4n) is 3.03. The van der Waals surface area contributed by atoms with E-state index in [-0.39, 0.29) is 11.9 Å². The Bertz CT molecular complexity index is 883. The molecule has 3 aromatic heterocycles. The van der Waals surface area contributed by atoms with Crippen LogP contribution in [0, 0.1) is 9.39 Å². The zero-order chi connectivity index (χ0) is 16.0. The monoisotopic (exact) mass is 443 g/mol. The molecule has 3 aromatic rings. The Morgan fingerprint density at radius 2 is 2.22 bits per heavy atom. The molecule has 0 aromatic carbocycles. The molecule has 1 saturated heterocycles. The van der Waals surface area contributed by atoms with Crippen molar-refractivity contribution in [2.45, 2.75) is 18.9 Å². The van der Waals surface area contributed by atoms with Gasteiger partial charge in [-0.05, 0) is 47.6 Å². The van der Waals surface area contributed by atoms with Crippen LogP contribution in [0.15, 0.2) is 30.7 Å². The number of hydrogen-bond donors (Lipinski definition) is 0. The number of halogens is 3. The summed E-state index contributed by atoms with van der Waals surface area (Å²) < 4.78 is 16.3. The van der Waals surface area contributed by atoms with E-state index in [4.69, 9.17) is 16.6 Å². The van der Waals surface area contributed by atoms with Crippen LogP contribution >= 0.6 is 34.2 Å². The van der Waals surface area contributed by atoms with E-state index < -0.39 is 0 Å². The highest BCUT2D eigenvalue weighted by atomic mass is 127. The first-order valence-corrected chi connectivity index (χ1v) is 8.66. The van der Waals surface area contributed by atoms with Gasteiger partial charge in [0.05, 0.1) is 22.0 Å². The lowest BCUT2D eigenvalue weighted by Gasteiger charge is -2.26. The van der Waals surface area contributed by atoms with Gasteiger partial charge in [-0.15, -0.1) is 0 Å². The highest BCUT2D eigenvalue weighted by Gasteiger charge is 2.29. The van der Waals surface area contributed by atoms with E-state index in [1.807, 2.05) is 12.3 Å². The smallest absolute Gasteiger partial charge is 0.170 e. The van der Waals surface area contributed by atoms with Gasteiger partial charge in [-0.2, -0.15) is 5.10 Å². The number of pyridine rings is 1. The van der Waals surface area contributed by atoms with Crippen molar-refractivity contribution < 1.29 is 4.39 Å². The summed E-state index contributed by atoms with van der Waals surface area (Å²) in [6.45, 7) is 0.853. The molecule has 0 spiro atoms. The first-order chi connectivity index (χ1) is 11.1. The van der Waals surface area contributed by atoms with Gasteiger partial charge in [-0.25, -0.2) is 18.9 Å². The molecule has 4 rings (SSSR count). The molecule has 0 N–H and O–H groups in total. The van der Waals surface area contributed by atoms with E-state index >= 15 is 0 Å². The number of hydrogen-bond acceptors (Lipinski definition) is 4. The van der Waals surface area contributed by atoms with Crippen molar-refractivity contribution in [3.8, 4) is 0 Å². The Kier molecular flexibility index (Phi) is 3.84. The zero-order valence-corrected chi connectivity index (χ0v) is 14.9. The van der Waals surface area contributed by atoms with E-state index in [0.29, 0.717) is 10.7 Å². The Balaban J connectivity index is 1.76. The lowest BCUT2D eigenvalue weighted by atomic mass is 10.1. The minimum absolute atomic E-state index is 0.0127. The van der Waals surface area contributed by atoms with Crippen molar-refractivity contribution in [2.75, 3.05) is 11.4 Å². The van der Waals surface area contributed by atoms with Crippen molar-refractivity contribution in [1.29, 1.82) is 0 Å². The number of anilines is 1.